The van der Waals surface area contributed by atoms with Gasteiger partial charge in [-0.15, -0.1) is 0 Å². The monoisotopic (exact) mass is 399 g/mol. The number of nitrogens with one attached hydrogen (secondary N) is 1. The summed E-state index contributed by atoms with van der Waals surface area (Å²) in [6.07, 6.45) is 3.54. The van der Waals surface area contributed by atoms with Crippen LogP contribution in [0.15, 0.2) is 36.5 Å². The molecule has 2 aromatic rings. The number of aromatic nitrogens is 2. The van der Waals surface area contributed by atoms with Crippen LogP contribution in [0.25, 0.3) is 0 Å². The van der Waals surface area contributed by atoms with Crippen LogP contribution in [0, 0.1) is 0 Å². The van der Waals surface area contributed by atoms with Crippen molar-refractivity contribution >= 4 is 23.4 Å². The average molecular weight is 399 g/mol. The summed E-state index contributed by atoms with van der Waals surface area (Å²) < 4.78 is 6.51. The van der Waals surface area contributed by atoms with E-state index in [0.29, 0.717) is 5.82 Å². The van der Waals surface area contributed by atoms with E-state index < -0.39 is 5.97 Å². The molecule has 1 aromatic carbocycles. The van der Waals surface area contributed by atoms with Gasteiger partial charge in [0.1, 0.15) is 11.4 Å². The maximum Gasteiger partial charge on any atom is 0.343 e. The number of nitrogens with zero attached hydrogens (tertiary/aromatic N) is 4. The molecule has 156 valence electrons. The van der Waals surface area contributed by atoms with Crippen LogP contribution in [-0.2, 0) is 16.6 Å². The lowest BCUT2D eigenvalue weighted by molar-refractivity contribution is -0.117. The van der Waals surface area contributed by atoms with Crippen molar-refractivity contribution in [3.05, 3.63) is 42.1 Å². The molecule has 1 aromatic heterocycles. The molecule has 0 unspecified atom stereocenters. The van der Waals surface area contributed by atoms with Gasteiger partial charge in [0.05, 0.1) is 19.3 Å². The van der Waals surface area contributed by atoms with E-state index >= 15 is 0 Å². The highest BCUT2D eigenvalue weighted by Gasteiger charge is 2.25. The van der Waals surface area contributed by atoms with Crippen LogP contribution in [-0.4, -0.2) is 65.9 Å². The Balaban J connectivity index is 1.60. The van der Waals surface area contributed by atoms with Gasteiger partial charge in [0, 0.05) is 31.9 Å². The van der Waals surface area contributed by atoms with E-state index in [2.05, 4.69) is 32.3 Å². The number of aryl methyl sites for hydroxylation is 1. The van der Waals surface area contributed by atoms with Gasteiger partial charge in [0.15, 0.2) is 0 Å². The Morgan fingerprint density at radius 1 is 1.31 bits per heavy atom. The summed E-state index contributed by atoms with van der Waals surface area (Å²) in [4.78, 5) is 29.1. The van der Waals surface area contributed by atoms with Gasteiger partial charge >= 0.3 is 5.97 Å². The van der Waals surface area contributed by atoms with Crippen LogP contribution >= 0.6 is 0 Å². The van der Waals surface area contributed by atoms with E-state index in [1.807, 2.05) is 25.2 Å². The largest absolute Gasteiger partial charge is 0.462 e. The van der Waals surface area contributed by atoms with E-state index in [0.717, 1.165) is 25.9 Å². The highest BCUT2D eigenvalue weighted by Crippen LogP contribution is 2.22. The average Bonchev–Trinajstić information content (AvgIpc) is 3.09. The summed E-state index contributed by atoms with van der Waals surface area (Å²) in [6, 6.07) is 10.6. The van der Waals surface area contributed by atoms with Gasteiger partial charge in [-0.05, 0) is 38.9 Å². The molecule has 1 amide bonds. The minimum atomic E-state index is -0.491. The third kappa shape index (κ3) is 5.14. The zero-order valence-electron chi connectivity index (χ0n) is 17.3. The Morgan fingerprint density at radius 2 is 2.07 bits per heavy atom. The first-order valence-electron chi connectivity index (χ1n) is 9.98. The molecular formula is C21H29N5O3. The number of rotatable bonds is 7. The topological polar surface area (TPSA) is 79.7 Å². The molecule has 2 heterocycles. The summed E-state index contributed by atoms with van der Waals surface area (Å²) in [5.41, 5.74) is 1.47. The van der Waals surface area contributed by atoms with Crippen molar-refractivity contribution in [2.75, 3.05) is 43.5 Å². The maximum absolute atomic E-state index is 12.6. The Hall–Kier alpha value is -2.87. The van der Waals surface area contributed by atoms with Gasteiger partial charge < -0.3 is 15.0 Å². The van der Waals surface area contributed by atoms with Crippen molar-refractivity contribution in [3.8, 4) is 0 Å². The van der Waals surface area contributed by atoms with Gasteiger partial charge in [-0.1, -0.05) is 18.2 Å². The van der Waals surface area contributed by atoms with Gasteiger partial charge in [-0.25, -0.2) is 4.79 Å². The molecule has 1 fully saturated rings. The number of anilines is 2. The summed E-state index contributed by atoms with van der Waals surface area (Å²) in [5.74, 6) is -0.315. The first kappa shape index (κ1) is 20.9. The van der Waals surface area contributed by atoms with Crippen molar-refractivity contribution in [3.63, 3.8) is 0 Å². The molecular weight excluding hydrogens is 370 g/mol. The zero-order valence-corrected chi connectivity index (χ0v) is 17.3. The van der Waals surface area contributed by atoms with E-state index in [9.17, 15) is 9.59 Å². The molecule has 0 aliphatic carbocycles. The number of para-hydroxylation sites is 1. The second-order valence-corrected chi connectivity index (χ2v) is 7.29. The molecule has 1 atom stereocenters. The number of piperidine rings is 1. The maximum atomic E-state index is 12.6. The molecule has 29 heavy (non-hydrogen) atoms. The Bertz CT molecular complexity index is 836. The first-order chi connectivity index (χ1) is 14.0. The fourth-order valence-corrected chi connectivity index (χ4v) is 3.66. The number of hydrogen-bond acceptors (Lipinski definition) is 6. The number of benzene rings is 1. The van der Waals surface area contributed by atoms with Gasteiger partial charge in [-0.2, -0.15) is 5.10 Å². The highest BCUT2D eigenvalue weighted by molar-refractivity contribution is 6.00. The molecule has 0 spiro atoms. The summed E-state index contributed by atoms with van der Waals surface area (Å²) >= 11 is 0. The smallest absolute Gasteiger partial charge is 0.343 e. The molecule has 0 radical (unpaired) electrons. The number of esters is 1. The van der Waals surface area contributed by atoms with E-state index in [1.165, 1.54) is 16.6 Å². The van der Waals surface area contributed by atoms with Crippen LogP contribution in [0.1, 0.15) is 30.1 Å². The summed E-state index contributed by atoms with van der Waals surface area (Å²) in [6.45, 7) is 4.15. The molecule has 3 rings (SSSR count). The fourth-order valence-electron chi connectivity index (χ4n) is 3.66. The van der Waals surface area contributed by atoms with Crippen molar-refractivity contribution in [1.29, 1.82) is 0 Å². The quantitative estimate of drug-likeness (QED) is 0.719. The second-order valence-electron chi connectivity index (χ2n) is 7.29. The predicted octanol–water partition coefficient (Wildman–Crippen LogP) is 2.14. The van der Waals surface area contributed by atoms with E-state index in [-0.39, 0.29) is 30.7 Å². The number of carbonyl (C=O) groups excluding carboxylic acids is 2. The van der Waals surface area contributed by atoms with Crippen molar-refractivity contribution in [2.24, 2.45) is 7.05 Å². The predicted molar refractivity (Wildman–Crippen MR) is 112 cm³/mol. The number of ether oxygens (including phenoxy) is 1. The summed E-state index contributed by atoms with van der Waals surface area (Å²) in [5, 5.41) is 6.88. The number of carbonyl (C=O) groups is 2. The van der Waals surface area contributed by atoms with Crippen LogP contribution in [0.4, 0.5) is 11.5 Å². The Labute approximate surface area is 171 Å². The number of likely N-dealkylation sites (N-methyl/N-ethyl adjacent to an activating group) is 1. The van der Waals surface area contributed by atoms with Crippen molar-refractivity contribution in [1.82, 2.24) is 14.7 Å². The molecule has 8 nitrogen and oxygen atoms in total. The molecule has 8 heteroatoms. The second kappa shape index (κ2) is 9.56. The normalized spacial score (nSPS) is 16.7. The van der Waals surface area contributed by atoms with E-state index in [1.54, 1.807) is 14.0 Å². The SMILES string of the molecule is CCOC(=O)c1cnn(C)c1NC(=O)CN(C)[C@H]1CCCN(c2ccccc2)C1. The van der Waals surface area contributed by atoms with Gasteiger partial charge in [0.25, 0.3) is 0 Å². The zero-order chi connectivity index (χ0) is 20.8. The van der Waals surface area contributed by atoms with E-state index in [4.69, 9.17) is 4.74 Å². The van der Waals surface area contributed by atoms with Crippen LogP contribution < -0.4 is 10.2 Å². The fraction of sp³-hybridized carbons (Fsp3) is 0.476. The van der Waals surface area contributed by atoms with Gasteiger partial charge in [0.2, 0.25) is 5.91 Å². The minimum Gasteiger partial charge on any atom is -0.462 e. The summed E-state index contributed by atoms with van der Waals surface area (Å²) in [7, 11) is 3.65. The van der Waals surface area contributed by atoms with Crippen LogP contribution in [0.5, 0.6) is 0 Å². The molecule has 0 bridgehead atoms. The van der Waals surface area contributed by atoms with Crippen molar-refractivity contribution in [2.45, 2.75) is 25.8 Å². The van der Waals surface area contributed by atoms with Gasteiger partial charge in [-0.3, -0.25) is 14.4 Å². The number of amides is 1. The standard InChI is InChI=1S/C21H29N5O3/c1-4-29-21(28)18-13-22-25(3)20(18)23-19(27)15-24(2)17-11-8-12-26(14-17)16-9-6-5-7-10-16/h5-7,9-10,13,17H,4,8,11-12,14-15H2,1-3H3,(H,23,27)/t17-/m0/s1. The third-order valence-electron chi connectivity index (χ3n) is 5.23. The lowest BCUT2D eigenvalue weighted by Gasteiger charge is -2.38. The molecule has 1 aliphatic heterocycles. The number of hydrogen-bond donors (Lipinski definition) is 1. The first-order valence-corrected chi connectivity index (χ1v) is 9.98. The van der Waals surface area contributed by atoms with Crippen LogP contribution in [0.3, 0.4) is 0 Å². The molecule has 1 saturated heterocycles. The Morgan fingerprint density at radius 3 is 2.79 bits per heavy atom. The lowest BCUT2D eigenvalue weighted by atomic mass is 10.0. The molecule has 0 saturated carbocycles. The minimum absolute atomic E-state index is 0.182. The van der Waals surface area contributed by atoms with Crippen LogP contribution in [0.2, 0.25) is 0 Å². The van der Waals surface area contributed by atoms with Crippen molar-refractivity contribution < 1.29 is 14.3 Å². The highest BCUT2D eigenvalue weighted by atomic mass is 16.5. The molecule has 1 aliphatic rings. The lowest BCUT2D eigenvalue weighted by Crippen LogP contribution is -2.48. The molecule has 1 N–H and O–H groups in total. The third-order valence-corrected chi connectivity index (χ3v) is 5.23. The Kier molecular flexibility index (Phi) is 6.87.